The van der Waals surface area contributed by atoms with Gasteiger partial charge in [-0.05, 0) is 11.8 Å². The Morgan fingerprint density at radius 3 is 1.58 bits per heavy atom. The van der Waals surface area contributed by atoms with Crippen LogP contribution in [-0.4, -0.2) is 0 Å². The zero-order valence-electron chi connectivity index (χ0n) is 9.40. The SMILES string of the molecule is CC.CC(C)C1CCCCCC1. The van der Waals surface area contributed by atoms with Gasteiger partial charge in [-0.1, -0.05) is 66.2 Å². The van der Waals surface area contributed by atoms with Crippen LogP contribution in [0.2, 0.25) is 0 Å². The van der Waals surface area contributed by atoms with E-state index in [1.54, 1.807) is 0 Å². The minimum atomic E-state index is 0.929. The van der Waals surface area contributed by atoms with Crippen molar-refractivity contribution in [1.82, 2.24) is 0 Å². The molecule has 74 valence electrons. The summed E-state index contributed by atoms with van der Waals surface area (Å²) in [6.45, 7) is 8.74. The lowest BCUT2D eigenvalue weighted by Crippen LogP contribution is -2.06. The number of rotatable bonds is 1. The fourth-order valence-corrected chi connectivity index (χ4v) is 1.98. The summed E-state index contributed by atoms with van der Waals surface area (Å²) in [7, 11) is 0. The van der Waals surface area contributed by atoms with Gasteiger partial charge in [-0.2, -0.15) is 0 Å². The standard InChI is InChI=1S/C10H20.C2H6/c1-9(2)10-7-5-3-4-6-8-10;1-2/h9-10H,3-8H2,1-2H3;1-2H3. The van der Waals surface area contributed by atoms with Crippen molar-refractivity contribution < 1.29 is 0 Å². The Bertz CT molecular complexity index is 76.0. The van der Waals surface area contributed by atoms with Crippen LogP contribution < -0.4 is 0 Å². The first-order valence-electron chi connectivity index (χ1n) is 5.80. The quantitative estimate of drug-likeness (QED) is 0.503. The Hall–Kier alpha value is 0. The summed E-state index contributed by atoms with van der Waals surface area (Å²) in [5, 5.41) is 0. The van der Waals surface area contributed by atoms with E-state index in [1.165, 1.54) is 38.5 Å². The second-order valence-electron chi connectivity index (χ2n) is 4.00. The Morgan fingerprint density at radius 1 is 0.833 bits per heavy atom. The van der Waals surface area contributed by atoms with Crippen LogP contribution in [0.4, 0.5) is 0 Å². The highest BCUT2D eigenvalue weighted by Gasteiger charge is 2.14. The summed E-state index contributed by atoms with van der Waals surface area (Å²) < 4.78 is 0. The summed E-state index contributed by atoms with van der Waals surface area (Å²) in [5.74, 6) is 1.97. The van der Waals surface area contributed by atoms with Crippen molar-refractivity contribution in [3.05, 3.63) is 0 Å². The summed E-state index contributed by atoms with van der Waals surface area (Å²) in [6.07, 6.45) is 8.95. The summed E-state index contributed by atoms with van der Waals surface area (Å²) in [5.41, 5.74) is 0. The largest absolute Gasteiger partial charge is 0.0683 e. The van der Waals surface area contributed by atoms with Gasteiger partial charge in [-0.25, -0.2) is 0 Å². The van der Waals surface area contributed by atoms with Crippen molar-refractivity contribution in [3.8, 4) is 0 Å². The lowest BCUT2D eigenvalue weighted by molar-refractivity contribution is 0.342. The fraction of sp³-hybridized carbons (Fsp3) is 1.00. The average molecular weight is 170 g/mol. The van der Waals surface area contributed by atoms with E-state index in [1.807, 2.05) is 13.8 Å². The van der Waals surface area contributed by atoms with Gasteiger partial charge in [0.05, 0.1) is 0 Å². The highest BCUT2D eigenvalue weighted by molar-refractivity contribution is 4.66. The molecule has 0 aliphatic heterocycles. The minimum absolute atomic E-state index is 0.929. The minimum Gasteiger partial charge on any atom is -0.0683 e. The van der Waals surface area contributed by atoms with Gasteiger partial charge < -0.3 is 0 Å². The molecule has 0 amide bonds. The molecular weight excluding hydrogens is 144 g/mol. The maximum Gasteiger partial charge on any atom is -0.0391 e. The van der Waals surface area contributed by atoms with Gasteiger partial charge in [0.1, 0.15) is 0 Å². The first kappa shape index (κ1) is 12.0. The number of hydrogen-bond donors (Lipinski definition) is 0. The van der Waals surface area contributed by atoms with Gasteiger partial charge in [0.25, 0.3) is 0 Å². The maximum atomic E-state index is 2.37. The Balaban J connectivity index is 0.000000561. The topological polar surface area (TPSA) is 0 Å². The smallest absolute Gasteiger partial charge is 0.0391 e. The van der Waals surface area contributed by atoms with Crippen LogP contribution in [0.25, 0.3) is 0 Å². The predicted molar refractivity (Wildman–Crippen MR) is 57.4 cm³/mol. The highest BCUT2D eigenvalue weighted by Crippen LogP contribution is 2.28. The van der Waals surface area contributed by atoms with Crippen LogP contribution in [-0.2, 0) is 0 Å². The van der Waals surface area contributed by atoms with Gasteiger partial charge in [0.15, 0.2) is 0 Å². The molecular formula is C12H26. The van der Waals surface area contributed by atoms with Gasteiger partial charge in [-0.3, -0.25) is 0 Å². The molecule has 1 aliphatic carbocycles. The van der Waals surface area contributed by atoms with Crippen LogP contribution in [0.3, 0.4) is 0 Å². The molecule has 0 spiro atoms. The van der Waals surface area contributed by atoms with Gasteiger partial charge in [0, 0.05) is 0 Å². The molecule has 12 heavy (non-hydrogen) atoms. The Kier molecular flexibility index (Phi) is 7.64. The van der Waals surface area contributed by atoms with Gasteiger partial charge >= 0.3 is 0 Å². The van der Waals surface area contributed by atoms with E-state index in [-0.39, 0.29) is 0 Å². The fourth-order valence-electron chi connectivity index (χ4n) is 1.98. The number of hydrogen-bond acceptors (Lipinski definition) is 0. The zero-order valence-corrected chi connectivity index (χ0v) is 9.40. The molecule has 0 radical (unpaired) electrons. The maximum absolute atomic E-state index is 2.37. The van der Waals surface area contributed by atoms with E-state index >= 15 is 0 Å². The molecule has 0 aromatic heterocycles. The third kappa shape index (κ3) is 4.79. The Morgan fingerprint density at radius 2 is 1.25 bits per heavy atom. The predicted octanol–water partition coefficient (Wildman–Crippen LogP) is 4.64. The van der Waals surface area contributed by atoms with Crippen molar-refractivity contribution in [1.29, 1.82) is 0 Å². The molecule has 0 nitrogen and oxygen atoms in total. The molecule has 0 aromatic carbocycles. The molecule has 0 N–H and O–H groups in total. The van der Waals surface area contributed by atoms with Crippen LogP contribution in [0.1, 0.15) is 66.2 Å². The molecule has 1 rings (SSSR count). The van der Waals surface area contributed by atoms with E-state index in [0.717, 1.165) is 11.8 Å². The highest BCUT2D eigenvalue weighted by atomic mass is 14.2. The van der Waals surface area contributed by atoms with Crippen molar-refractivity contribution in [2.75, 3.05) is 0 Å². The second kappa shape index (κ2) is 7.64. The first-order chi connectivity index (χ1) is 5.80. The molecule has 0 heterocycles. The van der Waals surface area contributed by atoms with Crippen LogP contribution >= 0.6 is 0 Å². The monoisotopic (exact) mass is 170 g/mol. The summed E-state index contributed by atoms with van der Waals surface area (Å²) in [4.78, 5) is 0. The van der Waals surface area contributed by atoms with E-state index in [0.29, 0.717) is 0 Å². The lowest BCUT2D eigenvalue weighted by atomic mass is 9.89. The van der Waals surface area contributed by atoms with Crippen molar-refractivity contribution in [3.63, 3.8) is 0 Å². The summed E-state index contributed by atoms with van der Waals surface area (Å²) >= 11 is 0. The van der Waals surface area contributed by atoms with Crippen molar-refractivity contribution in [2.24, 2.45) is 11.8 Å². The third-order valence-corrected chi connectivity index (χ3v) is 2.84. The van der Waals surface area contributed by atoms with E-state index < -0.39 is 0 Å². The molecule has 0 unspecified atom stereocenters. The van der Waals surface area contributed by atoms with E-state index in [4.69, 9.17) is 0 Å². The van der Waals surface area contributed by atoms with Crippen LogP contribution in [0.15, 0.2) is 0 Å². The van der Waals surface area contributed by atoms with Crippen LogP contribution in [0.5, 0.6) is 0 Å². The normalized spacial score (nSPS) is 19.8. The second-order valence-corrected chi connectivity index (χ2v) is 4.00. The lowest BCUT2D eigenvalue weighted by Gasteiger charge is -2.17. The van der Waals surface area contributed by atoms with Crippen molar-refractivity contribution in [2.45, 2.75) is 66.2 Å². The molecule has 0 bridgehead atoms. The zero-order chi connectivity index (χ0) is 9.40. The molecule has 1 saturated carbocycles. The van der Waals surface area contributed by atoms with E-state index in [9.17, 15) is 0 Å². The van der Waals surface area contributed by atoms with Gasteiger partial charge in [-0.15, -0.1) is 0 Å². The molecule has 0 aromatic rings. The van der Waals surface area contributed by atoms with Crippen molar-refractivity contribution >= 4 is 0 Å². The molecule has 1 fully saturated rings. The molecule has 0 atom stereocenters. The Labute approximate surface area is 78.8 Å². The molecule has 0 heteroatoms. The third-order valence-electron chi connectivity index (χ3n) is 2.84. The van der Waals surface area contributed by atoms with Gasteiger partial charge in [0.2, 0.25) is 0 Å². The molecule has 0 saturated heterocycles. The van der Waals surface area contributed by atoms with Crippen LogP contribution in [0, 0.1) is 11.8 Å². The summed E-state index contributed by atoms with van der Waals surface area (Å²) in [6, 6.07) is 0. The van der Waals surface area contributed by atoms with E-state index in [2.05, 4.69) is 13.8 Å². The molecule has 1 aliphatic rings. The average Bonchev–Trinajstić information content (AvgIpc) is 2.35. The first-order valence-corrected chi connectivity index (χ1v) is 5.80.